The Morgan fingerprint density at radius 2 is 2.00 bits per heavy atom. The molecule has 1 heteroatoms. The second-order valence-corrected chi connectivity index (χ2v) is 3.73. The molecule has 0 radical (unpaired) electrons. The molecule has 1 nitrogen and oxygen atoms in total. The largest absolute Gasteiger partial charge is 0.314 e. The lowest BCUT2D eigenvalue weighted by Gasteiger charge is -2.21. The summed E-state index contributed by atoms with van der Waals surface area (Å²) in [7, 11) is 0. The van der Waals surface area contributed by atoms with E-state index < -0.39 is 0 Å². The van der Waals surface area contributed by atoms with Crippen molar-refractivity contribution in [3.63, 3.8) is 0 Å². The molecule has 0 saturated heterocycles. The van der Waals surface area contributed by atoms with Crippen molar-refractivity contribution in [2.75, 3.05) is 6.54 Å². The van der Waals surface area contributed by atoms with E-state index in [1.807, 2.05) is 6.08 Å². The molecule has 0 heterocycles. The van der Waals surface area contributed by atoms with E-state index in [4.69, 9.17) is 0 Å². The normalized spacial score (nSPS) is 12.1. The van der Waals surface area contributed by atoms with Crippen LogP contribution in [0.5, 0.6) is 0 Å². The third-order valence-corrected chi connectivity index (χ3v) is 1.52. The molecule has 0 aromatic carbocycles. The Balaban J connectivity index is 3.56. The third kappa shape index (κ3) is 4.57. The second-order valence-electron chi connectivity index (χ2n) is 3.73. The van der Waals surface area contributed by atoms with Crippen molar-refractivity contribution in [3.05, 3.63) is 12.7 Å². The molecular weight excluding hydrogens is 122 g/mol. The molecule has 0 rings (SSSR count). The fourth-order valence-corrected chi connectivity index (χ4v) is 0.539. The van der Waals surface area contributed by atoms with Gasteiger partial charge in [-0.3, -0.25) is 0 Å². The molecule has 0 unspecified atom stereocenters. The molecule has 0 aromatic rings. The van der Waals surface area contributed by atoms with Crippen molar-refractivity contribution in [2.45, 2.75) is 33.7 Å². The first kappa shape index (κ1) is 9.70. The Morgan fingerprint density at radius 1 is 1.50 bits per heavy atom. The minimum Gasteiger partial charge on any atom is -0.314 e. The first-order valence-corrected chi connectivity index (χ1v) is 3.85. The molecule has 0 atom stereocenters. The summed E-state index contributed by atoms with van der Waals surface area (Å²) in [6.07, 6.45) is 1.99. The highest BCUT2D eigenvalue weighted by Gasteiger charge is 2.11. The fraction of sp³-hybridized carbons (Fsp3) is 0.778. The topological polar surface area (TPSA) is 12.0 Å². The molecule has 0 aliphatic rings. The summed E-state index contributed by atoms with van der Waals surface area (Å²) in [6.45, 7) is 13.4. The van der Waals surface area contributed by atoms with Crippen molar-refractivity contribution in [2.24, 2.45) is 5.41 Å². The summed E-state index contributed by atoms with van der Waals surface area (Å²) >= 11 is 0. The van der Waals surface area contributed by atoms with Crippen LogP contribution in [0.4, 0.5) is 0 Å². The van der Waals surface area contributed by atoms with Gasteiger partial charge in [0.05, 0.1) is 0 Å². The van der Waals surface area contributed by atoms with Gasteiger partial charge in [0.2, 0.25) is 0 Å². The minimum absolute atomic E-state index is 0.226. The second kappa shape index (κ2) is 3.77. The van der Waals surface area contributed by atoms with Crippen LogP contribution < -0.4 is 5.32 Å². The van der Waals surface area contributed by atoms with E-state index in [0.29, 0.717) is 6.04 Å². The van der Waals surface area contributed by atoms with Gasteiger partial charge in [-0.05, 0) is 5.41 Å². The van der Waals surface area contributed by atoms with Gasteiger partial charge in [-0.15, -0.1) is 6.58 Å². The van der Waals surface area contributed by atoms with Crippen LogP contribution in [0.1, 0.15) is 27.7 Å². The van der Waals surface area contributed by atoms with Gasteiger partial charge in [-0.1, -0.05) is 33.8 Å². The zero-order valence-corrected chi connectivity index (χ0v) is 7.57. The van der Waals surface area contributed by atoms with Crippen LogP contribution in [0.25, 0.3) is 0 Å². The van der Waals surface area contributed by atoms with Crippen molar-refractivity contribution < 1.29 is 0 Å². The van der Waals surface area contributed by atoms with E-state index >= 15 is 0 Å². The molecule has 0 saturated carbocycles. The third-order valence-electron chi connectivity index (χ3n) is 1.52. The number of nitrogens with one attached hydrogen (secondary N) is 1. The van der Waals surface area contributed by atoms with Crippen molar-refractivity contribution in [1.82, 2.24) is 5.32 Å². The summed E-state index contributed by atoms with van der Waals surface area (Å²) in [6, 6.07) is 0.569. The predicted octanol–water partition coefficient (Wildman–Crippen LogP) is 2.20. The van der Waals surface area contributed by atoms with Crippen LogP contribution >= 0.6 is 0 Å². The zero-order chi connectivity index (χ0) is 8.20. The molecule has 60 valence electrons. The average molecular weight is 141 g/mol. The summed E-state index contributed by atoms with van der Waals surface area (Å²) in [5, 5.41) is 3.37. The smallest absolute Gasteiger partial charge is 0.00395 e. The van der Waals surface area contributed by atoms with E-state index in [0.717, 1.165) is 6.54 Å². The zero-order valence-electron chi connectivity index (χ0n) is 7.57. The highest BCUT2D eigenvalue weighted by atomic mass is 14.9. The Hall–Kier alpha value is -0.300. The van der Waals surface area contributed by atoms with Crippen LogP contribution in [0.3, 0.4) is 0 Å². The van der Waals surface area contributed by atoms with E-state index in [2.05, 4.69) is 39.6 Å². The highest BCUT2D eigenvalue weighted by molar-refractivity contribution is 4.89. The van der Waals surface area contributed by atoms with Crippen LogP contribution in [0, 0.1) is 5.41 Å². The van der Waals surface area contributed by atoms with Gasteiger partial charge in [0.25, 0.3) is 0 Å². The first-order chi connectivity index (χ1) is 4.48. The Morgan fingerprint density at radius 3 is 2.30 bits per heavy atom. The monoisotopic (exact) mass is 141 g/mol. The van der Waals surface area contributed by atoms with Crippen LogP contribution in [0.2, 0.25) is 0 Å². The molecule has 0 aromatic heterocycles. The number of hydrogen-bond donors (Lipinski definition) is 1. The molecule has 10 heavy (non-hydrogen) atoms. The maximum Gasteiger partial charge on any atom is 0.00395 e. The van der Waals surface area contributed by atoms with Crippen molar-refractivity contribution in [3.8, 4) is 0 Å². The van der Waals surface area contributed by atoms with E-state index in [-0.39, 0.29) is 5.41 Å². The lowest BCUT2D eigenvalue weighted by Crippen LogP contribution is -2.32. The van der Waals surface area contributed by atoms with Crippen LogP contribution in [0.15, 0.2) is 12.7 Å². The van der Waals surface area contributed by atoms with Crippen LogP contribution in [-0.4, -0.2) is 12.6 Å². The predicted molar refractivity (Wildman–Crippen MR) is 47.1 cm³/mol. The fourth-order valence-electron chi connectivity index (χ4n) is 0.539. The van der Waals surface area contributed by atoms with Gasteiger partial charge in [-0.25, -0.2) is 0 Å². The van der Waals surface area contributed by atoms with E-state index in [1.165, 1.54) is 0 Å². The Kier molecular flexibility index (Phi) is 3.66. The standard InChI is InChI=1S/C9H19N/c1-6-9(4,5)7-10-8(2)3/h6,8,10H,1,7H2,2-5H3. The Labute approximate surface area is 64.5 Å². The lowest BCUT2D eigenvalue weighted by molar-refractivity contribution is 0.411. The quantitative estimate of drug-likeness (QED) is 0.592. The minimum atomic E-state index is 0.226. The Bertz CT molecular complexity index is 103. The molecule has 1 N–H and O–H groups in total. The van der Waals surface area contributed by atoms with Gasteiger partial charge in [0, 0.05) is 12.6 Å². The number of hydrogen-bond acceptors (Lipinski definition) is 1. The average Bonchev–Trinajstić information content (AvgIpc) is 1.85. The van der Waals surface area contributed by atoms with E-state index in [9.17, 15) is 0 Å². The molecule has 0 fully saturated rings. The molecule has 0 aliphatic carbocycles. The molecule has 0 spiro atoms. The van der Waals surface area contributed by atoms with Crippen molar-refractivity contribution >= 4 is 0 Å². The van der Waals surface area contributed by atoms with Gasteiger partial charge in [0.1, 0.15) is 0 Å². The lowest BCUT2D eigenvalue weighted by atomic mass is 9.94. The summed E-state index contributed by atoms with van der Waals surface area (Å²) in [4.78, 5) is 0. The van der Waals surface area contributed by atoms with Gasteiger partial charge >= 0.3 is 0 Å². The number of rotatable bonds is 4. The SMILES string of the molecule is C=CC(C)(C)CNC(C)C. The van der Waals surface area contributed by atoms with Gasteiger partial charge in [-0.2, -0.15) is 0 Å². The molecule has 0 bridgehead atoms. The summed E-state index contributed by atoms with van der Waals surface area (Å²) < 4.78 is 0. The van der Waals surface area contributed by atoms with Crippen LogP contribution in [-0.2, 0) is 0 Å². The maximum absolute atomic E-state index is 3.77. The highest BCUT2D eigenvalue weighted by Crippen LogP contribution is 2.13. The van der Waals surface area contributed by atoms with Crippen molar-refractivity contribution in [1.29, 1.82) is 0 Å². The maximum atomic E-state index is 3.77. The molecule has 0 aliphatic heterocycles. The summed E-state index contributed by atoms with van der Waals surface area (Å²) in [5.41, 5.74) is 0.226. The van der Waals surface area contributed by atoms with Gasteiger partial charge in [0.15, 0.2) is 0 Å². The molecule has 0 amide bonds. The van der Waals surface area contributed by atoms with E-state index in [1.54, 1.807) is 0 Å². The molecular formula is C9H19N. The summed E-state index contributed by atoms with van der Waals surface area (Å²) in [5.74, 6) is 0. The first-order valence-electron chi connectivity index (χ1n) is 3.85. The van der Waals surface area contributed by atoms with Gasteiger partial charge < -0.3 is 5.32 Å².